The molecule has 0 spiro atoms. The molecule has 8 nitrogen and oxygen atoms in total. The average molecular weight is 384 g/mol. The number of hydrogen-bond acceptors (Lipinski definition) is 6. The van der Waals surface area contributed by atoms with Crippen LogP contribution in [0.3, 0.4) is 0 Å². The summed E-state index contributed by atoms with van der Waals surface area (Å²) < 4.78 is 1.66. The van der Waals surface area contributed by atoms with E-state index in [4.69, 9.17) is 0 Å². The van der Waals surface area contributed by atoms with E-state index in [1.54, 1.807) is 22.3 Å². The number of aromatic amines is 1. The van der Waals surface area contributed by atoms with Gasteiger partial charge in [-0.1, -0.05) is 6.07 Å². The van der Waals surface area contributed by atoms with Crippen molar-refractivity contribution in [3.8, 4) is 10.6 Å². The number of nitrogens with one attached hydrogen (secondary N) is 1. The molecule has 1 fully saturated rings. The molecule has 0 bridgehead atoms. The first-order valence-electron chi connectivity index (χ1n) is 8.94. The van der Waals surface area contributed by atoms with E-state index in [1.807, 2.05) is 22.4 Å². The van der Waals surface area contributed by atoms with Gasteiger partial charge in [0.15, 0.2) is 0 Å². The number of thiophene rings is 1. The van der Waals surface area contributed by atoms with Gasteiger partial charge in [0.2, 0.25) is 5.91 Å². The molecule has 140 valence electrons. The van der Waals surface area contributed by atoms with E-state index in [1.165, 1.54) is 12.4 Å². The summed E-state index contributed by atoms with van der Waals surface area (Å²) in [6, 6.07) is 5.43. The predicted octanol–water partition coefficient (Wildman–Crippen LogP) is 1.89. The highest BCUT2D eigenvalue weighted by Gasteiger charge is 2.26. The normalized spacial score (nSPS) is 17.2. The molecule has 1 aliphatic rings. The number of amides is 1. The van der Waals surface area contributed by atoms with Crippen molar-refractivity contribution in [2.24, 2.45) is 0 Å². The highest BCUT2D eigenvalue weighted by molar-refractivity contribution is 7.13. The van der Waals surface area contributed by atoms with Crippen LogP contribution in [0.5, 0.6) is 0 Å². The minimum Gasteiger partial charge on any atom is -0.342 e. The molecule has 1 unspecified atom stereocenters. The molecular formula is C18H20N6O2S. The van der Waals surface area contributed by atoms with Crippen molar-refractivity contribution in [1.82, 2.24) is 29.6 Å². The van der Waals surface area contributed by atoms with E-state index in [0.29, 0.717) is 31.0 Å². The first kappa shape index (κ1) is 17.6. The van der Waals surface area contributed by atoms with Crippen LogP contribution in [0.15, 0.2) is 41.0 Å². The summed E-state index contributed by atoms with van der Waals surface area (Å²) in [6.07, 6.45) is 5.26. The molecule has 4 rings (SSSR count). The Balaban J connectivity index is 1.46. The van der Waals surface area contributed by atoms with Gasteiger partial charge < -0.3 is 9.88 Å². The van der Waals surface area contributed by atoms with Gasteiger partial charge in [-0.25, -0.2) is 9.97 Å². The molecule has 1 aliphatic heterocycles. The van der Waals surface area contributed by atoms with E-state index in [0.717, 1.165) is 24.3 Å². The Morgan fingerprint density at radius 3 is 3.11 bits per heavy atom. The van der Waals surface area contributed by atoms with E-state index in [-0.39, 0.29) is 17.4 Å². The Hall–Kier alpha value is -2.81. The van der Waals surface area contributed by atoms with Crippen LogP contribution in [-0.2, 0) is 11.3 Å². The standard InChI is InChI=1S/C18H20N6O2S/c25-16-9-14(15-4-2-8-27-15)21-18(22-16)13-3-1-6-23(10-13)17(26)5-7-24-12-19-11-20-24/h2,4,8-9,11-13H,1,3,5-7,10H2,(H,21,22,25). The van der Waals surface area contributed by atoms with Crippen molar-refractivity contribution in [2.75, 3.05) is 13.1 Å². The van der Waals surface area contributed by atoms with Crippen LogP contribution in [0.2, 0.25) is 0 Å². The Kier molecular flexibility index (Phi) is 5.10. The van der Waals surface area contributed by atoms with Crippen LogP contribution >= 0.6 is 11.3 Å². The number of likely N-dealkylation sites (tertiary alicyclic amines) is 1. The van der Waals surface area contributed by atoms with E-state index < -0.39 is 0 Å². The number of nitrogens with zero attached hydrogens (tertiary/aromatic N) is 5. The summed E-state index contributed by atoms with van der Waals surface area (Å²) in [5.41, 5.74) is 0.538. The third-order valence-electron chi connectivity index (χ3n) is 4.72. The van der Waals surface area contributed by atoms with Crippen molar-refractivity contribution in [1.29, 1.82) is 0 Å². The molecule has 0 aromatic carbocycles. The second kappa shape index (κ2) is 7.83. The number of rotatable bonds is 5. The number of piperidine rings is 1. The Labute approximate surface area is 159 Å². The molecule has 3 aromatic heterocycles. The van der Waals surface area contributed by atoms with Crippen LogP contribution in [0, 0.1) is 0 Å². The first-order valence-corrected chi connectivity index (χ1v) is 9.82. The summed E-state index contributed by atoms with van der Waals surface area (Å²) in [6.45, 7) is 1.83. The third-order valence-corrected chi connectivity index (χ3v) is 5.61. The molecule has 1 N–H and O–H groups in total. The minimum absolute atomic E-state index is 0.0432. The van der Waals surface area contributed by atoms with Crippen molar-refractivity contribution in [3.05, 3.63) is 52.4 Å². The molecular weight excluding hydrogens is 364 g/mol. The Bertz CT molecular complexity index is 951. The molecule has 3 aromatic rings. The maximum atomic E-state index is 12.6. The van der Waals surface area contributed by atoms with Crippen LogP contribution < -0.4 is 5.56 Å². The fourth-order valence-corrected chi connectivity index (χ4v) is 4.05. The van der Waals surface area contributed by atoms with Crippen LogP contribution in [0.1, 0.15) is 31.0 Å². The minimum atomic E-state index is -0.155. The lowest BCUT2D eigenvalue weighted by Crippen LogP contribution is -2.40. The molecule has 1 atom stereocenters. The number of carbonyl (C=O) groups excluding carboxylic acids is 1. The predicted molar refractivity (Wildman–Crippen MR) is 101 cm³/mol. The fraction of sp³-hybridized carbons (Fsp3) is 0.389. The van der Waals surface area contributed by atoms with Crippen LogP contribution in [0.4, 0.5) is 0 Å². The lowest BCUT2D eigenvalue weighted by Gasteiger charge is -2.32. The highest BCUT2D eigenvalue weighted by atomic mass is 32.1. The summed E-state index contributed by atoms with van der Waals surface area (Å²) in [7, 11) is 0. The summed E-state index contributed by atoms with van der Waals surface area (Å²) in [4.78, 5) is 38.9. The monoisotopic (exact) mass is 384 g/mol. The largest absolute Gasteiger partial charge is 0.342 e. The Morgan fingerprint density at radius 2 is 2.33 bits per heavy atom. The van der Waals surface area contributed by atoms with Crippen molar-refractivity contribution in [3.63, 3.8) is 0 Å². The van der Waals surface area contributed by atoms with Gasteiger partial charge in [-0.2, -0.15) is 5.10 Å². The number of carbonyl (C=O) groups is 1. The first-order chi connectivity index (χ1) is 13.2. The fourth-order valence-electron chi connectivity index (χ4n) is 3.36. The lowest BCUT2D eigenvalue weighted by atomic mass is 9.96. The molecule has 0 aliphatic carbocycles. The lowest BCUT2D eigenvalue weighted by molar-refractivity contribution is -0.132. The van der Waals surface area contributed by atoms with Gasteiger partial charge in [-0.05, 0) is 24.3 Å². The van der Waals surface area contributed by atoms with Gasteiger partial charge in [-0.15, -0.1) is 11.3 Å². The van der Waals surface area contributed by atoms with E-state index in [9.17, 15) is 9.59 Å². The number of aryl methyl sites for hydroxylation is 1. The van der Waals surface area contributed by atoms with Crippen molar-refractivity contribution >= 4 is 17.2 Å². The summed E-state index contributed by atoms with van der Waals surface area (Å²) >= 11 is 1.56. The third kappa shape index (κ3) is 4.13. The summed E-state index contributed by atoms with van der Waals surface area (Å²) in [5.74, 6) is 0.799. The topological polar surface area (TPSA) is 96.8 Å². The zero-order valence-electron chi connectivity index (χ0n) is 14.7. The molecule has 9 heteroatoms. The molecule has 27 heavy (non-hydrogen) atoms. The quantitative estimate of drug-likeness (QED) is 0.724. The van der Waals surface area contributed by atoms with Gasteiger partial charge in [0.25, 0.3) is 5.56 Å². The second-order valence-electron chi connectivity index (χ2n) is 6.58. The van der Waals surface area contributed by atoms with Crippen LogP contribution in [0.25, 0.3) is 10.6 Å². The molecule has 0 saturated carbocycles. The number of H-pyrrole nitrogens is 1. The number of hydrogen-bond donors (Lipinski definition) is 1. The SMILES string of the molecule is O=C(CCn1cncn1)N1CCCC(c2nc(-c3cccs3)cc(=O)[nH]2)C1. The molecule has 1 saturated heterocycles. The smallest absolute Gasteiger partial charge is 0.251 e. The maximum Gasteiger partial charge on any atom is 0.251 e. The van der Waals surface area contributed by atoms with Crippen molar-refractivity contribution in [2.45, 2.75) is 31.7 Å². The molecule has 0 radical (unpaired) electrons. The van der Waals surface area contributed by atoms with E-state index >= 15 is 0 Å². The molecule has 4 heterocycles. The number of aromatic nitrogens is 5. The van der Waals surface area contributed by atoms with Gasteiger partial charge in [0.05, 0.1) is 17.1 Å². The molecule has 1 amide bonds. The summed E-state index contributed by atoms with van der Waals surface area (Å²) in [5, 5.41) is 5.99. The van der Waals surface area contributed by atoms with Crippen molar-refractivity contribution < 1.29 is 4.79 Å². The van der Waals surface area contributed by atoms with Gasteiger partial charge in [0, 0.05) is 31.5 Å². The Morgan fingerprint density at radius 1 is 1.41 bits per heavy atom. The van der Waals surface area contributed by atoms with Gasteiger partial charge in [0.1, 0.15) is 18.5 Å². The zero-order chi connectivity index (χ0) is 18.6. The highest BCUT2D eigenvalue weighted by Crippen LogP contribution is 2.27. The van der Waals surface area contributed by atoms with E-state index in [2.05, 4.69) is 20.1 Å². The van der Waals surface area contributed by atoms with Gasteiger partial charge >= 0.3 is 0 Å². The average Bonchev–Trinajstić information content (AvgIpc) is 3.39. The van der Waals surface area contributed by atoms with Crippen LogP contribution in [-0.4, -0.2) is 48.6 Å². The van der Waals surface area contributed by atoms with Gasteiger partial charge in [-0.3, -0.25) is 14.3 Å². The maximum absolute atomic E-state index is 12.6. The zero-order valence-corrected chi connectivity index (χ0v) is 15.6. The second-order valence-corrected chi connectivity index (χ2v) is 7.53.